The second-order valence-corrected chi connectivity index (χ2v) is 4.26. The van der Waals surface area contributed by atoms with E-state index in [0.29, 0.717) is 6.54 Å². The molecule has 1 N–H and O–H groups in total. The normalized spacial score (nSPS) is 9.87. The fourth-order valence-corrected chi connectivity index (χ4v) is 1.41. The third-order valence-corrected chi connectivity index (χ3v) is 3.10. The molecule has 1 aromatic carbocycles. The van der Waals surface area contributed by atoms with Crippen LogP contribution in [0.25, 0.3) is 0 Å². The molecular weight excluding hydrogens is 256 g/mol. The van der Waals surface area contributed by atoms with Crippen LogP contribution in [0.3, 0.4) is 0 Å². The van der Waals surface area contributed by atoms with Crippen LogP contribution >= 0.6 is 15.9 Å². The van der Waals surface area contributed by atoms with Crippen molar-refractivity contribution in [2.75, 3.05) is 18.9 Å². The van der Waals surface area contributed by atoms with Gasteiger partial charge in [-0.15, -0.1) is 0 Å². The number of rotatable bonds is 2. The lowest BCUT2D eigenvalue weighted by Crippen LogP contribution is -2.30. The van der Waals surface area contributed by atoms with E-state index in [1.165, 1.54) is 0 Å². The molecule has 3 nitrogen and oxygen atoms in total. The van der Waals surface area contributed by atoms with E-state index in [-0.39, 0.29) is 6.03 Å². The molecule has 0 aliphatic rings. The van der Waals surface area contributed by atoms with Gasteiger partial charge in [-0.05, 0) is 31.5 Å². The molecule has 0 spiro atoms. The molecule has 82 valence electrons. The van der Waals surface area contributed by atoms with Gasteiger partial charge < -0.3 is 10.2 Å². The zero-order chi connectivity index (χ0) is 11.4. The highest BCUT2D eigenvalue weighted by Crippen LogP contribution is 2.20. The van der Waals surface area contributed by atoms with Crippen LogP contribution in [0.1, 0.15) is 12.5 Å². The number of benzene rings is 1. The number of amides is 2. The molecule has 15 heavy (non-hydrogen) atoms. The summed E-state index contributed by atoms with van der Waals surface area (Å²) in [5.74, 6) is 0. The molecule has 0 aliphatic heterocycles. The van der Waals surface area contributed by atoms with E-state index in [4.69, 9.17) is 0 Å². The van der Waals surface area contributed by atoms with Gasteiger partial charge in [0.25, 0.3) is 0 Å². The molecule has 0 atom stereocenters. The maximum absolute atomic E-state index is 11.5. The maximum Gasteiger partial charge on any atom is 0.321 e. The average Bonchev–Trinajstić information content (AvgIpc) is 2.22. The summed E-state index contributed by atoms with van der Waals surface area (Å²) < 4.78 is 0.999. The van der Waals surface area contributed by atoms with Crippen LogP contribution in [0.15, 0.2) is 22.7 Å². The van der Waals surface area contributed by atoms with Crippen LogP contribution in [0.4, 0.5) is 10.5 Å². The Morgan fingerprint density at radius 2 is 2.20 bits per heavy atom. The Morgan fingerprint density at radius 1 is 1.53 bits per heavy atom. The van der Waals surface area contributed by atoms with Gasteiger partial charge in [-0.2, -0.15) is 0 Å². The molecule has 4 heteroatoms. The Hall–Kier alpha value is -1.03. The molecule has 0 radical (unpaired) electrons. The van der Waals surface area contributed by atoms with Crippen molar-refractivity contribution in [3.8, 4) is 0 Å². The SMILES string of the molecule is CCN(C)C(=O)Nc1ccc(C)c(Br)c1. The van der Waals surface area contributed by atoms with Crippen molar-refractivity contribution < 1.29 is 4.79 Å². The fraction of sp³-hybridized carbons (Fsp3) is 0.364. The number of hydrogen-bond acceptors (Lipinski definition) is 1. The van der Waals surface area contributed by atoms with Crippen molar-refractivity contribution in [2.45, 2.75) is 13.8 Å². The largest absolute Gasteiger partial charge is 0.328 e. The molecule has 0 fully saturated rings. The molecule has 1 aromatic rings. The lowest BCUT2D eigenvalue weighted by atomic mass is 10.2. The average molecular weight is 271 g/mol. The van der Waals surface area contributed by atoms with E-state index in [1.807, 2.05) is 32.0 Å². The topological polar surface area (TPSA) is 32.3 Å². The van der Waals surface area contributed by atoms with E-state index < -0.39 is 0 Å². The zero-order valence-corrected chi connectivity index (χ0v) is 10.8. The Morgan fingerprint density at radius 3 is 2.73 bits per heavy atom. The van der Waals surface area contributed by atoms with Crippen LogP contribution in [0.2, 0.25) is 0 Å². The Balaban J connectivity index is 2.73. The van der Waals surface area contributed by atoms with Crippen molar-refractivity contribution in [3.63, 3.8) is 0 Å². The Bertz CT molecular complexity index is 366. The summed E-state index contributed by atoms with van der Waals surface area (Å²) in [6.45, 7) is 4.64. The molecule has 0 saturated carbocycles. The first-order valence-electron chi connectivity index (χ1n) is 4.83. The number of carbonyl (C=O) groups is 1. The van der Waals surface area contributed by atoms with Crippen LogP contribution in [-0.2, 0) is 0 Å². The highest BCUT2D eigenvalue weighted by Gasteiger charge is 2.06. The minimum atomic E-state index is -0.0896. The van der Waals surface area contributed by atoms with Gasteiger partial charge in [0.1, 0.15) is 0 Å². The van der Waals surface area contributed by atoms with Crippen molar-refractivity contribution >= 4 is 27.6 Å². The molecule has 0 bridgehead atoms. The molecule has 0 unspecified atom stereocenters. The first kappa shape index (κ1) is 12.0. The second-order valence-electron chi connectivity index (χ2n) is 3.41. The Kier molecular flexibility index (Phi) is 4.15. The monoisotopic (exact) mass is 270 g/mol. The van der Waals surface area contributed by atoms with Crippen molar-refractivity contribution in [1.29, 1.82) is 0 Å². The molecule has 2 amide bonds. The summed E-state index contributed by atoms with van der Waals surface area (Å²) in [6.07, 6.45) is 0. The van der Waals surface area contributed by atoms with Gasteiger partial charge in [0, 0.05) is 23.8 Å². The van der Waals surface area contributed by atoms with Gasteiger partial charge in [0.2, 0.25) is 0 Å². The van der Waals surface area contributed by atoms with Crippen LogP contribution in [-0.4, -0.2) is 24.5 Å². The number of nitrogens with one attached hydrogen (secondary N) is 1. The number of anilines is 1. The summed E-state index contributed by atoms with van der Waals surface area (Å²) >= 11 is 3.43. The van der Waals surface area contributed by atoms with Crippen molar-refractivity contribution in [2.24, 2.45) is 0 Å². The van der Waals surface area contributed by atoms with Gasteiger partial charge in [0.15, 0.2) is 0 Å². The van der Waals surface area contributed by atoms with E-state index in [1.54, 1.807) is 11.9 Å². The van der Waals surface area contributed by atoms with Crippen LogP contribution in [0.5, 0.6) is 0 Å². The Labute approximate surface area is 98.6 Å². The predicted molar refractivity (Wildman–Crippen MR) is 66.2 cm³/mol. The van der Waals surface area contributed by atoms with Gasteiger partial charge in [-0.1, -0.05) is 22.0 Å². The van der Waals surface area contributed by atoms with Crippen LogP contribution < -0.4 is 5.32 Å². The number of urea groups is 1. The van der Waals surface area contributed by atoms with Gasteiger partial charge >= 0.3 is 6.03 Å². The van der Waals surface area contributed by atoms with E-state index in [2.05, 4.69) is 21.2 Å². The van der Waals surface area contributed by atoms with Gasteiger partial charge in [0.05, 0.1) is 0 Å². The van der Waals surface area contributed by atoms with E-state index in [0.717, 1.165) is 15.7 Å². The molecule has 0 saturated heterocycles. The molecule has 0 aliphatic carbocycles. The molecule has 0 heterocycles. The third-order valence-electron chi connectivity index (χ3n) is 2.24. The summed E-state index contributed by atoms with van der Waals surface area (Å²) in [4.78, 5) is 13.2. The number of aryl methyl sites for hydroxylation is 1. The first-order chi connectivity index (χ1) is 7.04. The van der Waals surface area contributed by atoms with Gasteiger partial charge in [-0.3, -0.25) is 0 Å². The number of nitrogens with zero attached hydrogens (tertiary/aromatic N) is 1. The lowest BCUT2D eigenvalue weighted by molar-refractivity contribution is 0.224. The number of hydrogen-bond donors (Lipinski definition) is 1. The number of halogens is 1. The van der Waals surface area contributed by atoms with Crippen molar-refractivity contribution in [1.82, 2.24) is 4.90 Å². The molecular formula is C11H15BrN2O. The number of carbonyl (C=O) groups excluding carboxylic acids is 1. The summed E-state index contributed by atoms with van der Waals surface area (Å²) in [6, 6.07) is 5.66. The predicted octanol–water partition coefficient (Wildman–Crippen LogP) is 3.24. The summed E-state index contributed by atoms with van der Waals surface area (Å²) in [7, 11) is 1.76. The summed E-state index contributed by atoms with van der Waals surface area (Å²) in [5, 5.41) is 2.82. The first-order valence-corrected chi connectivity index (χ1v) is 5.62. The minimum Gasteiger partial charge on any atom is -0.328 e. The fourth-order valence-electron chi connectivity index (χ4n) is 1.03. The molecule has 1 rings (SSSR count). The quantitative estimate of drug-likeness (QED) is 0.879. The highest BCUT2D eigenvalue weighted by molar-refractivity contribution is 9.10. The maximum atomic E-state index is 11.5. The van der Waals surface area contributed by atoms with E-state index in [9.17, 15) is 4.79 Å². The third kappa shape index (κ3) is 3.23. The minimum absolute atomic E-state index is 0.0896. The summed E-state index contributed by atoms with van der Waals surface area (Å²) in [5.41, 5.74) is 1.95. The molecule has 0 aromatic heterocycles. The second kappa shape index (κ2) is 5.16. The van der Waals surface area contributed by atoms with E-state index >= 15 is 0 Å². The lowest BCUT2D eigenvalue weighted by Gasteiger charge is -2.15. The van der Waals surface area contributed by atoms with Crippen LogP contribution in [0, 0.1) is 6.92 Å². The van der Waals surface area contributed by atoms with Gasteiger partial charge in [-0.25, -0.2) is 4.79 Å². The highest BCUT2D eigenvalue weighted by atomic mass is 79.9. The smallest absolute Gasteiger partial charge is 0.321 e. The van der Waals surface area contributed by atoms with Crippen molar-refractivity contribution in [3.05, 3.63) is 28.2 Å². The zero-order valence-electron chi connectivity index (χ0n) is 9.17. The standard InChI is InChI=1S/C11H15BrN2O/c1-4-14(3)11(15)13-9-6-5-8(2)10(12)7-9/h5-7H,4H2,1-3H3,(H,13,15).